The number of aromatic nitrogens is 3. The second kappa shape index (κ2) is 9.38. The molecule has 0 saturated carbocycles. The molecule has 0 radical (unpaired) electrons. The van der Waals surface area contributed by atoms with Crippen LogP contribution in [0.5, 0.6) is 11.5 Å². The predicted octanol–water partition coefficient (Wildman–Crippen LogP) is 7.22. The van der Waals surface area contributed by atoms with E-state index in [1.54, 1.807) is 23.1 Å². The lowest BCUT2D eigenvalue weighted by Crippen LogP contribution is -1.98. The van der Waals surface area contributed by atoms with Gasteiger partial charge in [-0.1, -0.05) is 42.5 Å². The van der Waals surface area contributed by atoms with Crippen molar-refractivity contribution in [2.45, 2.75) is 17.6 Å². The smallest absolute Gasteiger partial charge is 0.188 e. The maximum Gasteiger partial charge on any atom is 0.188 e. The van der Waals surface area contributed by atoms with Gasteiger partial charge in [0, 0.05) is 33.8 Å². The van der Waals surface area contributed by atoms with Gasteiger partial charge in [-0.25, -0.2) is 9.97 Å². The van der Waals surface area contributed by atoms with Crippen molar-refractivity contribution < 1.29 is 4.74 Å². The molecule has 0 fully saturated rings. The van der Waals surface area contributed by atoms with E-state index in [0.717, 1.165) is 32.9 Å². The van der Waals surface area contributed by atoms with Crippen molar-refractivity contribution in [3.63, 3.8) is 0 Å². The van der Waals surface area contributed by atoms with Gasteiger partial charge in [0.2, 0.25) is 0 Å². The highest BCUT2D eigenvalue weighted by molar-refractivity contribution is 7.98. The highest BCUT2D eigenvalue weighted by atomic mass is 32.2. The van der Waals surface area contributed by atoms with Crippen molar-refractivity contribution in [2.75, 3.05) is 5.32 Å². The third-order valence-corrected chi connectivity index (χ3v) is 6.62. The minimum atomic E-state index is 0.635. The third-order valence-electron chi connectivity index (χ3n) is 4.77. The molecular formula is C25H20N4OS2. The number of fused-ring (bicyclic) bond motifs is 1. The molecule has 5 nitrogen and oxygen atoms in total. The number of hydrogen-bond donors (Lipinski definition) is 1. The number of nitrogens with one attached hydrogen (secondary N) is 1. The first kappa shape index (κ1) is 20.5. The molecule has 0 aliphatic rings. The average molecular weight is 457 g/mol. The number of para-hydroxylation sites is 1. The summed E-state index contributed by atoms with van der Waals surface area (Å²) in [6.45, 7) is 1.97. The van der Waals surface area contributed by atoms with Crippen molar-refractivity contribution >= 4 is 44.8 Å². The summed E-state index contributed by atoms with van der Waals surface area (Å²) in [5, 5.41) is 8.45. The fourth-order valence-electron chi connectivity index (χ4n) is 3.25. The van der Waals surface area contributed by atoms with E-state index in [1.165, 1.54) is 10.8 Å². The molecular weight excluding hydrogens is 436 g/mol. The summed E-state index contributed by atoms with van der Waals surface area (Å²) in [7, 11) is 0. The van der Waals surface area contributed by atoms with Crippen LogP contribution in [0.25, 0.3) is 10.8 Å². The topological polar surface area (TPSA) is 59.9 Å². The maximum absolute atomic E-state index is 6.17. The van der Waals surface area contributed by atoms with Gasteiger partial charge in [-0.2, -0.15) is 0 Å². The zero-order chi connectivity index (χ0) is 21.8. The molecule has 7 heteroatoms. The van der Waals surface area contributed by atoms with Gasteiger partial charge in [-0.3, -0.25) is 4.98 Å². The molecule has 0 unspecified atom stereocenters. The first-order chi connectivity index (χ1) is 15.7. The first-order valence-electron chi connectivity index (χ1n) is 10.1. The number of anilines is 2. The molecule has 0 aliphatic heterocycles. The lowest BCUT2D eigenvalue weighted by atomic mass is 10.1. The highest BCUT2D eigenvalue weighted by Crippen LogP contribution is 2.35. The van der Waals surface area contributed by atoms with Crippen LogP contribution in [0.2, 0.25) is 0 Å². The molecule has 0 amide bonds. The number of thiazole rings is 1. The van der Waals surface area contributed by atoms with Crippen LogP contribution in [0.4, 0.5) is 10.9 Å². The van der Waals surface area contributed by atoms with E-state index in [4.69, 9.17) is 4.74 Å². The number of nitrogens with zero attached hydrogens (tertiary/aromatic N) is 3. The van der Waals surface area contributed by atoms with Crippen molar-refractivity contribution in [3.05, 3.63) is 95.9 Å². The molecule has 0 atom stereocenters. The van der Waals surface area contributed by atoms with Gasteiger partial charge in [-0.15, -0.1) is 23.1 Å². The van der Waals surface area contributed by atoms with Crippen LogP contribution in [-0.4, -0.2) is 15.0 Å². The van der Waals surface area contributed by atoms with E-state index in [9.17, 15) is 0 Å². The molecule has 5 rings (SSSR count). The number of aryl methyl sites for hydroxylation is 1. The second-order valence-electron chi connectivity index (χ2n) is 7.12. The zero-order valence-corrected chi connectivity index (χ0v) is 19.0. The van der Waals surface area contributed by atoms with Gasteiger partial charge in [0.25, 0.3) is 0 Å². The molecule has 1 N–H and O–H groups in total. The highest BCUT2D eigenvalue weighted by Gasteiger charge is 2.12. The van der Waals surface area contributed by atoms with E-state index in [0.29, 0.717) is 11.6 Å². The third kappa shape index (κ3) is 4.74. The quantitative estimate of drug-likeness (QED) is 0.261. The van der Waals surface area contributed by atoms with E-state index < -0.39 is 0 Å². The molecule has 0 spiro atoms. The first-order valence-corrected chi connectivity index (χ1v) is 12.0. The van der Waals surface area contributed by atoms with Crippen LogP contribution in [0.15, 0.2) is 89.4 Å². The Hall–Kier alpha value is -3.42. The Morgan fingerprint density at radius 2 is 1.84 bits per heavy atom. The fourth-order valence-corrected chi connectivity index (χ4v) is 4.79. The Balaban J connectivity index is 1.41. The summed E-state index contributed by atoms with van der Waals surface area (Å²) in [5.74, 6) is 2.79. The van der Waals surface area contributed by atoms with Gasteiger partial charge in [0.15, 0.2) is 16.7 Å². The normalized spacial score (nSPS) is 10.9. The van der Waals surface area contributed by atoms with Crippen molar-refractivity contribution in [1.29, 1.82) is 0 Å². The number of rotatable bonds is 7. The Kier molecular flexibility index (Phi) is 6.00. The van der Waals surface area contributed by atoms with E-state index in [2.05, 4.69) is 32.4 Å². The summed E-state index contributed by atoms with van der Waals surface area (Å²) >= 11 is 3.23. The Morgan fingerprint density at radius 1 is 1.00 bits per heavy atom. The van der Waals surface area contributed by atoms with Crippen LogP contribution >= 0.6 is 23.1 Å². The average Bonchev–Trinajstić information content (AvgIpc) is 3.24. The molecule has 0 saturated heterocycles. The number of hydrogen-bond acceptors (Lipinski definition) is 7. The molecule has 32 heavy (non-hydrogen) atoms. The molecule has 158 valence electrons. The van der Waals surface area contributed by atoms with E-state index >= 15 is 0 Å². The molecule has 5 aromatic rings. The summed E-state index contributed by atoms with van der Waals surface area (Å²) < 4.78 is 6.17. The van der Waals surface area contributed by atoms with Crippen LogP contribution in [0.3, 0.4) is 0 Å². The molecule has 2 aromatic carbocycles. The standard InChI is InChI=1S/C25H20N4OS2/c1-17-15-32-25(28-17)29-24-23(30-19-8-3-2-4-9-19)13-20(14-27-24)31-16-22-21-10-6-5-7-18(21)11-12-26-22/h2-15H,16H2,1H3,(H,27,28,29). The van der Waals surface area contributed by atoms with Crippen molar-refractivity contribution in [1.82, 2.24) is 15.0 Å². The summed E-state index contributed by atoms with van der Waals surface area (Å²) in [6, 6.07) is 22.1. The SMILES string of the molecule is Cc1csc(Nc2ncc(SCc3nccc4ccccc34)cc2Oc2ccccc2)n1. The van der Waals surface area contributed by atoms with Gasteiger partial charge >= 0.3 is 0 Å². The molecule has 3 aromatic heterocycles. The molecule has 0 aliphatic carbocycles. The van der Waals surface area contributed by atoms with Gasteiger partial charge < -0.3 is 10.1 Å². The number of ether oxygens (including phenoxy) is 1. The van der Waals surface area contributed by atoms with Crippen LogP contribution in [0, 0.1) is 6.92 Å². The van der Waals surface area contributed by atoms with Gasteiger partial charge in [0.05, 0.1) is 11.4 Å². The lowest BCUT2D eigenvalue weighted by Gasteiger charge is -2.13. The predicted molar refractivity (Wildman–Crippen MR) is 132 cm³/mol. The van der Waals surface area contributed by atoms with E-state index in [1.807, 2.05) is 79.3 Å². The zero-order valence-electron chi connectivity index (χ0n) is 17.4. The molecule has 0 bridgehead atoms. The lowest BCUT2D eigenvalue weighted by molar-refractivity contribution is 0.481. The van der Waals surface area contributed by atoms with E-state index in [-0.39, 0.29) is 0 Å². The van der Waals surface area contributed by atoms with Crippen LogP contribution in [-0.2, 0) is 5.75 Å². The number of pyridine rings is 2. The monoisotopic (exact) mass is 456 g/mol. The Labute approximate surface area is 194 Å². The maximum atomic E-state index is 6.17. The summed E-state index contributed by atoms with van der Waals surface area (Å²) in [5.41, 5.74) is 2.02. The van der Waals surface area contributed by atoms with Gasteiger partial charge in [0.1, 0.15) is 5.75 Å². The largest absolute Gasteiger partial charge is 0.453 e. The minimum absolute atomic E-state index is 0.635. The van der Waals surface area contributed by atoms with Crippen LogP contribution in [0.1, 0.15) is 11.4 Å². The Bertz CT molecular complexity index is 1350. The second-order valence-corrected chi connectivity index (χ2v) is 9.03. The number of thioether (sulfide) groups is 1. The number of benzene rings is 2. The Morgan fingerprint density at radius 3 is 2.69 bits per heavy atom. The minimum Gasteiger partial charge on any atom is -0.453 e. The van der Waals surface area contributed by atoms with Crippen molar-refractivity contribution in [2.24, 2.45) is 0 Å². The summed E-state index contributed by atoms with van der Waals surface area (Å²) in [4.78, 5) is 14.7. The summed E-state index contributed by atoms with van der Waals surface area (Å²) in [6.07, 6.45) is 3.72. The van der Waals surface area contributed by atoms with Crippen LogP contribution < -0.4 is 10.1 Å². The van der Waals surface area contributed by atoms with Gasteiger partial charge in [-0.05, 0) is 36.6 Å². The molecule has 3 heterocycles. The fraction of sp³-hybridized carbons (Fsp3) is 0.0800. The van der Waals surface area contributed by atoms with Crippen molar-refractivity contribution in [3.8, 4) is 11.5 Å².